The minimum atomic E-state index is -3.58. The van der Waals surface area contributed by atoms with E-state index in [-0.39, 0.29) is 10.5 Å². The standard InChI is InChI=1S/C19H19N3O3S2/c20-14-15(12-17-7-5-11-26-17)19(23)21-16-6-4-8-18(13-16)27(24,25)22-9-2-1-3-10-22/h4-8,11-13H,1-3,9-10H2,(H,21,23). The normalized spacial score (nSPS) is 15.9. The lowest BCUT2D eigenvalue weighted by Gasteiger charge is -2.26. The Kier molecular flexibility index (Phi) is 6.06. The van der Waals surface area contributed by atoms with Crippen molar-refractivity contribution < 1.29 is 13.2 Å². The molecule has 1 aliphatic heterocycles. The molecule has 0 unspecified atom stereocenters. The van der Waals surface area contributed by atoms with Crippen molar-refractivity contribution in [2.24, 2.45) is 0 Å². The van der Waals surface area contributed by atoms with Crippen molar-refractivity contribution in [2.75, 3.05) is 18.4 Å². The zero-order chi connectivity index (χ0) is 19.3. The molecule has 1 amide bonds. The third-order valence-electron chi connectivity index (χ3n) is 4.24. The van der Waals surface area contributed by atoms with Gasteiger partial charge in [0, 0.05) is 23.7 Å². The highest BCUT2D eigenvalue weighted by atomic mass is 32.2. The van der Waals surface area contributed by atoms with Crippen LogP contribution < -0.4 is 5.32 Å². The maximum atomic E-state index is 12.8. The number of carbonyl (C=O) groups excluding carboxylic acids is 1. The molecule has 2 heterocycles. The number of anilines is 1. The van der Waals surface area contributed by atoms with E-state index in [1.807, 2.05) is 17.5 Å². The van der Waals surface area contributed by atoms with Gasteiger partial charge in [0.15, 0.2) is 0 Å². The summed E-state index contributed by atoms with van der Waals surface area (Å²) in [7, 11) is -3.58. The largest absolute Gasteiger partial charge is 0.321 e. The van der Waals surface area contributed by atoms with Crippen molar-refractivity contribution in [3.63, 3.8) is 0 Å². The van der Waals surface area contributed by atoms with Gasteiger partial charge in [0.25, 0.3) is 5.91 Å². The van der Waals surface area contributed by atoms with Crippen LogP contribution in [-0.4, -0.2) is 31.7 Å². The number of piperidine rings is 1. The average molecular weight is 402 g/mol. The summed E-state index contributed by atoms with van der Waals surface area (Å²) in [5, 5.41) is 13.7. The number of thiophene rings is 1. The minimum absolute atomic E-state index is 0.0401. The van der Waals surface area contributed by atoms with E-state index in [1.165, 1.54) is 33.9 Å². The highest BCUT2D eigenvalue weighted by molar-refractivity contribution is 7.89. The second kappa shape index (κ2) is 8.48. The highest BCUT2D eigenvalue weighted by Crippen LogP contribution is 2.23. The molecule has 0 radical (unpaired) electrons. The molecule has 1 aromatic heterocycles. The summed E-state index contributed by atoms with van der Waals surface area (Å²) in [6, 6.07) is 11.7. The van der Waals surface area contributed by atoms with Crippen molar-refractivity contribution >= 4 is 39.0 Å². The second-order valence-corrected chi connectivity index (χ2v) is 9.05. The first-order valence-corrected chi connectivity index (χ1v) is 10.9. The molecule has 0 atom stereocenters. The molecule has 1 aliphatic rings. The first-order chi connectivity index (χ1) is 13.0. The fraction of sp³-hybridized carbons (Fsp3) is 0.263. The maximum absolute atomic E-state index is 12.8. The van der Waals surface area contributed by atoms with Gasteiger partial charge in [-0.05, 0) is 48.6 Å². The van der Waals surface area contributed by atoms with Gasteiger partial charge < -0.3 is 5.32 Å². The lowest BCUT2D eigenvalue weighted by Crippen LogP contribution is -2.35. The van der Waals surface area contributed by atoms with E-state index in [2.05, 4.69) is 5.32 Å². The van der Waals surface area contributed by atoms with Gasteiger partial charge in [-0.15, -0.1) is 11.3 Å². The van der Waals surface area contributed by atoms with Gasteiger partial charge in [-0.3, -0.25) is 4.79 Å². The number of nitrogens with zero attached hydrogens (tertiary/aromatic N) is 2. The first kappa shape index (κ1) is 19.3. The van der Waals surface area contributed by atoms with E-state index in [0.29, 0.717) is 18.8 Å². The Bertz CT molecular complexity index is 983. The SMILES string of the molecule is N#CC(=Cc1cccs1)C(=O)Nc1cccc(S(=O)(=O)N2CCCCC2)c1. The summed E-state index contributed by atoms with van der Waals surface area (Å²) in [6.45, 7) is 1.03. The number of benzene rings is 1. The fourth-order valence-electron chi connectivity index (χ4n) is 2.85. The maximum Gasteiger partial charge on any atom is 0.266 e. The molecule has 0 bridgehead atoms. The van der Waals surface area contributed by atoms with Gasteiger partial charge in [-0.2, -0.15) is 9.57 Å². The number of amides is 1. The minimum Gasteiger partial charge on any atom is -0.321 e. The number of hydrogen-bond donors (Lipinski definition) is 1. The van der Waals surface area contributed by atoms with Crippen LogP contribution in [0.5, 0.6) is 0 Å². The molecular weight excluding hydrogens is 382 g/mol. The van der Waals surface area contributed by atoms with Crippen LogP contribution in [0.1, 0.15) is 24.1 Å². The van der Waals surface area contributed by atoms with Crippen molar-refractivity contribution in [1.82, 2.24) is 4.31 Å². The average Bonchev–Trinajstić information content (AvgIpc) is 3.20. The number of hydrogen-bond acceptors (Lipinski definition) is 5. The zero-order valence-corrected chi connectivity index (χ0v) is 16.2. The van der Waals surface area contributed by atoms with Crippen LogP contribution >= 0.6 is 11.3 Å². The summed E-state index contributed by atoms with van der Waals surface area (Å²) in [6.07, 6.45) is 4.26. The van der Waals surface area contributed by atoms with Crippen molar-refractivity contribution in [1.29, 1.82) is 5.26 Å². The molecular formula is C19H19N3O3S2. The monoisotopic (exact) mass is 401 g/mol. The van der Waals surface area contributed by atoms with Crippen LogP contribution in [0, 0.1) is 11.3 Å². The lowest BCUT2D eigenvalue weighted by atomic mass is 10.2. The van der Waals surface area contributed by atoms with Crippen LogP contribution in [0.3, 0.4) is 0 Å². The molecule has 140 valence electrons. The Morgan fingerprint density at radius 1 is 1.19 bits per heavy atom. The molecule has 1 saturated heterocycles. The second-order valence-electron chi connectivity index (χ2n) is 6.13. The van der Waals surface area contributed by atoms with Crippen LogP contribution in [0.2, 0.25) is 0 Å². The van der Waals surface area contributed by atoms with Crippen LogP contribution in [-0.2, 0) is 14.8 Å². The molecule has 1 fully saturated rings. The fourth-order valence-corrected chi connectivity index (χ4v) is 5.07. The zero-order valence-electron chi connectivity index (χ0n) is 14.6. The van der Waals surface area contributed by atoms with Gasteiger partial charge in [0.05, 0.1) is 4.90 Å². The highest BCUT2D eigenvalue weighted by Gasteiger charge is 2.26. The summed E-state index contributed by atoms with van der Waals surface area (Å²) in [4.78, 5) is 13.3. The Morgan fingerprint density at radius 3 is 2.63 bits per heavy atom. The molecule has 0 aliphatic carbocycles. The van der Waals surface area contributed by atoms with Crippen LogP contribution in [0.15, 0.2) is 52.2 Å². The molecule has 6 nitrogen and oxygen atoms in total. The van der Waals surface area contributed by atoms with Gasteiger partial charge >= 0.3 is 0 Å². The number of nitrogens with one attached hydrogen (secondary N) is 1. The predicted molar refractivity (Wildman–Crippen MR) is 106 cm³/mol. The molecule has 1 N–H and O–H groups in total. The molecule has 1 aromatic carbocycles. The smallest absolute Gasteiger partial charge is 0.266 e. The first-order valence-electron chi connectivity index (χ1n) is 8.57. The van der Waals surface area contributed by atoms with Gasteiger partial charge in [-0.25, -0.2) is 8.42 Å². The van der Waals surface area contributed by atoms with E-state index in [1.54, 1.807) is 18.2 Å². The van der Waals surface area contributed by atoms with Crippen molar-refractivity contribution in [2.45, 2.75) is 24.2 Å². The Labute approximate surface area is 162 Å². The van der Waals surface area contributed by atoms with Crippen molar-refractivity contribution in [3.05, 3.63) is 52.2 Å². The molecule has 2 aromatic rings. The van der Waals surface area contributed by atoms with E-state index >= 15 is 0 Å². The Hall–Kier alpha value is -2.47. The van der Waals surface area contributed by atoms with E-state index in [0.717, 1.165) is 24.1 Å². The van der Waals surface area contributed by atoms with E-state index in [4.69, 9.17) is 0 Å². The van der Waals surface area contributed by atoms with Crippen LogP contribution in [0.25, 0.3) is 6.08 Å². The van der Waals surface area contributed by atoms with E-state index in [9.17, 15) is 18.5 Å². The molecule has 0 spiro atoms. The summed E-state index contributed by atoms with van der Waals surface area (Å²) in [5.74, 6) is -0.571. The van der Waals surface area contributed by atoms with Crippen LogP contribution in [0.4, 0.5) is 5.69 Å². The quantitative estimate of drug-likeness (QED) is 0.613. The van der Waals surface area contributed by atoms with Crippen molar-refractivity contribution in [3.8, 4) is 6.07 Å². The Balaban J connectivity index is 1.79. The number of rotatable bonds is 5. The molecule has 8 heteroatoms. The summed E-state index contributed by atoms with van der Waals surface area (Å²) >= 11 is 1.42. The van der Waals surface area contributed by atoms with E-state index < -0.39 is 15.9 Å². The molecule has 27 heavy (non-hydrogen) atoms. The molecule has 3 rings (SSSR count). The lowest BCUT2D eigenvalue weighted by molar-refractivity contribution is -0.112. The molecule has 0 saturated carbocycles. The summed E-state index contributed by atoms with van der Waals surface area (Å²) in [5.41, 5.74) is 0.298. The number of nitriles is 1. The number of sulfonamides is 1. The van der Waals surface area contributed by atoms with Gasteiger partial charge in [-0.1, -0.05) is 18.6 Å². The van der Waals surface area contributed by atoms with Gasteiger partial charge in [0.2, 0.25) is 10.0 Å². The summed E-state index contributed by atoms with van der Waals surface area (Å²) < 4.78 is 27.0. The third kappa shape index (κ3) is 4.63. The Morgan fingerprint density at radius 2 is 1.96 bits per heavy atom. The van der Waals surface area contributed by atoms with Gasteiger partial charge in [0.1, 0.15) is 11.6 Å². The topological polar surface area (TPSA) is 90.3 Å². The third-order valence-corrected chi connectivity index (χ3v) is 6.95. The number of carbonyl (C=O) groups is 1. The predicted octanol–water partition coefficient (Wildman–Crippen LogP) is 3.47.